The second kappa shape index (κ2) is 5.72. The van der Waals surface area contributed by atoms with E-state index in [1.54, 1.807) is 29.7 Å². The highest BCUT2D eigenvalue weighted by Crippen LogP contribution is 2.52. The van der Waals surface area contributed by atoms with Crippen LogP contribution < -0.4 is 5.32 Å². The van der Waals surface area contributed by atoms with Crippen LogP contribution in [0.25, 0.3) is 0 Å². The van der Waals surface area contributed by atoms with E-state index in [0.717, 1.165) is 16.7 Å². The second-order valence-electron chi connectivity index (χ2n) is 6.26. The molecule has 0 saturated heterocycles. The van der Waals surface area contributed by atoms with Gasteiger partial charge in [0.05, 0.1) is 5.41 Å². The standard InChI is InChI=1S/C18H16N2O2S2/c1-18(16(22)20-17-19-5-7-24-17)9-11-2-3-13(21)8-14(11)15(18)12-4-6-23-10-12/h2-8,10,15,21H,9H2,1H3,(H,19,20,22)/t15-,18+/m0/s1. The molecule has 0 bridgehead atoms. The number of nitrogens with zero attached hydrogens (tertiary/aromatic N) is 1. The molecule has 122 valence electrons. The number of hydrogen-bond acceptors (Lipinski definition) is 5. The van der Waals surface area contributed by atoms with Crippen molar-refractivity contribution in [2.45, 2.75) is 19.3 Å². The molecule has 1 amide bonds. The molecule has 0 aliphatic heterocycles. The first kappa shape index (κ1) is 15.4. The third-order valence-corrected chi connectivity index (χ3v) is 6.07. The number of phenolic OH excluding ortho intramolecular Hbond substituents is 1. The highest BCUT2D eigenvalue weighted by Gasteiger charge is 2.49. The van der Waals surface area contributed by atoms with Crippen LogP contribution in [-0.4, -0.2) is 16.0 Å². The van der Waals surface area contributed by atoms with Gasteiger partial charge in [0.1, 0.15) is 5.75 Å². The van der Waals surface area contributed by atoms with E-state index in [0.29, 0.717) is 11.6 Å². The van der Waals surface area contributed by atoms with Crippen molar-refractivity contribution >= 4 is 33.7 Å². The molecule has 3 aromatic rings. The van der Waals surface area contributed by atoms with Crippen LogP contribution in [0, 0.1) is 5.41 Å². The zero-order valence-electron chi connectivity index (χ0n) is 13.0. The van der Waals surface area contributed by atoms with Crippen molar-refractivity contribution in [3.63, 3.8) is 0 Å². The maximum Gasteiger partial charge on any atom is 0.233 e. The zero-order valence-corrected chi connectivity index (χ0v) is 14.7. The predicted octanol–water partition coefficient (Wildman–Crippen LogP) is 4.24. The van der Waals surface area contributed by atoms with Crippen molar-refractivity contribution in [3.8, 4) is 5.75 Å². The number of aromatic hydroxyl groups is 1. The molecule has 6 heteroatoms. The molecule has 4 rings (SSSR count). The summed E-state index contributed by atoms with van der Waals surface area (Å²) in [6, 6.07) is 7.46. The van der Waals surface area contributed by atoms with Gasteiger partial charge in [-0.25, -0.2) is 4.98 Å². The Bertz CT molecular complexity index is 875. The van der Waals surface area contributed by atoms with Gasteiger partial charge in [-0.3, -0.25) is 4.79 Å². The number of thiophene rings is 1. The molecular formula is C18H16N2O2S2. The molecule has 1 aliphatic carbocycles. The average molecular weight is 356 g/mol. The largest absolute Gasteiger partial charge is 0.508 e. The van der Waals surface area contributed by atoms with Gasteiger partial charge >= 0.3 is 0 Å². The normalized spacial score (nSPS) is 22.3. The summed E-state index contributed by atoms with van der Waals surface area (Å²) in [5.41, 5.74) is 2.63. The fraction of sp³-hybridized carbons (Fsp3) is 0.222. The average Bonchev–Trinajstić information content (AvgIpc) is 3.26. The monoisotopic (exact) mass is 356 g/mol. The Labute approximate surface area is 147 Å². The van der Waals surface area contributed by atoms with Gasteiger partial charge in [-0.1, -0.05) is 6.07 Å². The van der Waals surface area contributed by atoms with E-state index in [1.165, 1.54) is 11.3 Å². The molecule has 4 nitrogen and oxygen atoms in total. The smallest absolute Gasteiger partial charge is 0.233 e. The summed E-state index contributed by atoms with van der Waals surface area (Å²) in [4.78, 5) is 17.2. The molecule has 0 saturated carbocycles. The number of nitrogens with one attached hydrogen (secondary N) is 1. The van der Waals surface area contributed by atoms with E-state index in [1.807, 2.05) is 23.8 Å². The van der Waals surface area contributed by atoms with E-state index in [2.05, 4.69) is 21.7 Å². The van der Waals surface area contributed by atoms with Crippen LogP contribution in [0.2, 0.25) is 0 Å². The number of amides is 1. The molecule has 2 N–H and O–H groups in total. The van der Waals surface area contributed by atoms with E-state index in [9.17, 15) is 9.90 Å². The highest BCUT2D eigenvalue weighted by molar-refractivity contribution is 7.13. The van der Waals surface area contributed by atoms with Gasteiger partial charge in [0.25, 0.3) is 0 Å². The summed E-state index contributed by atoms with van der Waals surface area (Å²) < 4.78 is 0. The first-order valence-electron chi connectivity index (χ1n) is 7.63. The van der Waals surface area contributed by atoms with Crippen molar-refractivity contribution in [1.29, 1.82) is 0 Å². The van der Waals surface area contributed by atoms with Crippen molar-refractivity contribution in [2.24, 2.45) is 5.41 Å². The second-order valence-corrected chi connectivity index (χ2v) is 7.93. The Hall–Kier alpha value is -2.18. The lowest BCUT2D eigenvalue weighted by atomic mass is 9.74. The summed E-state index contributed by atoms with van der Waals surface area (Å²) in [6.07, 6.45) is 2.32. The molecule has 1 aromatic carbocycles. The number of carbonyl (C=O) groups excluding carboxylic acids is 1. The highest BCUT2D eigenvalue weighted by atomic mass is 32.1. The van der Waals surface area contributed by atoms with Crippen LogP contribution in [0.3, 0.4) is 0 Å². The van der Waals surface area contributed by atoms with Crippen LogP contribution in [0.1, 0.15) is 29.5 Å². The number of aromatic nitrogens is 1. The number of carbonyl (C=O) groups is 1. The summed E-state index contributed by atoms with van der Waals surface area (Å²) in [6.45, 7) is 2.00. The fourth-order valence-electron chi connectivity index (χ4n) is 3.58. The topological polar surface area (TPSA) is 62.2 Å². The number of benzene rings is 1. The van der Waals surface area contributed by atoms with Gasteiger partial charge < -0.3 is 10.4 Å². The minimum Gasteiger partial charge on any atom is -0.508 e. The van der Waals surface area contributed by atoms with Crippen molar-refractivity contribution in [2.75, 3.05) is 5.32 Å². The Morgan fingerprint density at radius 2 is 2.25 bits per heavy atom. The minimum atomic E-state index is -0.622. The number of anilines is 1. The molecule has 2 atom stereocenters. The van der Waals surface area contributed by atoms with Gasteiger partial charge in [-0.05, 0) is 59.0 Å². The molecule has 0 fully saturated rings. The van der Waals surface area contributed by atoms with Crippen LogP contribution >= 0.6 is 22.7 Å². The van der Waals surface area contributed by atoms with E-state index in [4.69, 9.17) is 0 Å². The Morgan fingerprint density at radius 3 is 2.96 bits per heavy atom. The summed E-state index contributed by atoms with van der Waals surface area (Å²) >= 11 is 3.03. The quantitative estimate of drug-likeness (QED) is 0.738. The Balaban J connectivity index is 1.78. The first-order chi connectivity index (χ1) is 11.6. The van der Waals surface area contributed by atoms with Crippen molar-refractivity contribution < 1.29 is 9.90 Å². The fourth-order valence-corrected chi connectivity index (χ4v) is 4.79. The first-order valence-corrected chi connectivity index (χ1v) is 9.45. The third kappa shape index (κ3) is 2.42. The summed E-state index contributed by atoms with van der Waals surface area (Å²) in [5, 5.41) is 19.4. The van der Waals surface area contributed by atoms with Gasteiger partial charge in [0, 0.05) is 17.5 Å². The Morgan fingerprint density at radius 1 is 1.38 bits per heavy atom. The van der Waals surface area contributed by atoms with E-state index in [-0.39, 0.29) is 17.6 Å². The molecular weight excluding hydrogens is 340 g/mol. The number of hydrogen-bond donors (Lipinski definition) is 2. The Kier molecular flexibility index (Phi) is 3.66. The van der Waals surface area contributed by atoms with E-state index < -0.39 is 5.41 Å². The van der Waals surface area contributed by atoms with Crippen LogP contribution in [0.4, 0.5) is 5.13 Å². The summed E-state index contributed by atoms with van der Waals surface area (Å²) in [7, 11) is 0. The number of thiazole rings is 1. The SMILES string of the molecule is C[C@@]1(C(=O)Nc2nccs2)Cc2ccc(O)cc2[C@@H]1c1ccsc1. The van der Waals surface area contributed by atoms with Crippen LogP contribution in [-0.2, 0) is 11.2 Å². The molecule has 1 aliphatic rings. The van der Waals surface area contributed by atoms with Gasteiger partial charge in [0.2, 0.25) is 5.91 Å². The molecule has 0 spiro atoms. The van der Waals surface area contributed by atoms with Gasteiger partial charge in [-0.15, -0.1) is 11.3 Å². The molecule has 0 radical (unpaired) electrons. The minimum absolute atomic E-state index is 0.0376. The lowest BCUT2D eigenvalue weighted by molar-refractivity contribution is -0.125. The lowest BCUT2D eigenvalue weighted by Crippen LogP contribution is -2.37. The molecule has 2 heterocycles. The van der Waals surface area contributed by atoms with E-state index >= 15 is 0 Å². The maximum absolute atomic E-state index is 13.1. The molecule has 0 unspecified atom stereocenters. The van der Waals surface area contributed by atoms with Gasteiger partial charge in [0.15, 0.2) is 5.13 Å². The number of rotatable bonds is 3. The van der Waals surface area contributed by atoms with Crippen LogP contribution in [0.5, 0.6) is 5.75 Å². The van der Waals surface area contributed by atoms with Gasteiger partial charge in [-0.2, -0.15) is 11.3 Å². The van der Waals surface area contributed by atoms with Crippen LogP contribution in [0.15, 0.2) is 46.6 Å². The molecule has 2 aromatic heterocycles. The maximum atomic E-state index is 13.1. The number of fused-ring (bicyclic) bond motifs is 1. The van der Waals surface area contributed by atoms with Crippen molar-refractivity contribution in [1.82, 2.24) is 4.98 Å². The zero-order chi connectivity index (χ0) is 16.7. The predicted molar refractivity (Wildman–Crippen MR) is 96.8 cm³/mol. The third-order valence-electron chi connectivity index (χ3n) is 4.68. The number of phenols is 1. The lowest BCUT2D eigenvalue weighted by Gasteiger charge is -2.30. The molecule has 24 heavy (non-hydrogen) atoms. The van der Waals surface area contributed by atoms with Crippen molar-refractivity contribution in [3.05, 3.63) is 63.3 Å². The summed E-state index contributed by atoms with van der Waals surface area (Å²) in [5.74, 6) is 0.119.